The summed E-state index contributed by atoms with van der Waals surface area (Å²) in [6.45, 7) is -1.17. The molecule has 0 saturated carbocycles. The van der Waals surface area contributed by atoms with Crippen LogP contribution in [0.25, 0.3) is 0 Å². The quantitative estimate of drug-likeness (QED) is 0.601. The molecule has 0 radical (unpaired) electrons. The number of rotatable bonds is 7. The molecule has 9 heteroatoms. The molecule has 6 nitrogen and oxygen atoms in total. The highest BCUT2D eigenvalue weighted by Gasteiger charge is 2.13. The first-order chi connectivity index (χ1) is 11.8. The SMILES string of the molecule is COc1ccc(/C=N\NS(=O)(=O)c2ccc(C)cc2)cc1OC(F)F. The minimum atomic E-state index is -3.81. The normalized spacial score (nSPS) is 11.7. The molecule has 25 heavy (non-hydrogen) atoms. The van der Waals surface area contributed by atoms with Gasteiger partial charge >= 0.3 is 6.61 Å². The lowest BCUT2D eigenvalue weighted by Gasteiger charge is -2.10. The van der Waals surface area contributed by atoms with E-state index in [1.165, 1.54) is 43.7 Å². The van der Waals surface area contributed by atoms with E-state index in [1.54, 1.807) is 12.1 Å². The van der Waals surface area contributed by atoms with Gasteiger partial charge in [-0.3, -0.25) is 0 Å². The number of sulfonamides is 1. The number of benzene rings is 2. The number of alkyl halides is 2. The lowest BCUT2D eigenvalue weighted by Crippen LogP contribution is -2.18. The fourth-order valence-electron chi connectivity index (χ4n) is 1.90. The predicted molar refractivity (Wildman–Crippen MR) is 88.7 cm³/mol. The molecule has 0 aromatic heterocycles. The van der Waals surface area contributed by atoms with Crippen molar-refractivity contribution in [3.05, 3.63) is 53.6 Å². The van der Waals surface area contributed by atoms with Crippen LogP contribution in [0.15, 0.2) is 52.5 Å². The number of nitrogens with zero attached hydrogens (tertiary/aromatic N) is 1. The van der Waals surface area contributed by atoms with Crippen molar-refractivity contribution in [2.24, 2.45) is 5.10 Å². The van der Waals surface area contributed by atoms with Gasteiger partial charge in [-0.25, -0.2) is 4.83 Å². The van der Waals surface area contributed by atoms with Gasteiger partial charge in [0.15, 0.2) is 11.5 Å². The minimum absolute atomic E-state index is 0.0618. The third-order valence-corrected chi connectivity index (χ3v) is 4.36. The number of methoxy groups -OCH3 is 1. The molecule has 1 N–H and O–H groups in total. The minimum Gasteiger partial charge on any atom is -0.493 e. The third kappa shape index (κ3) is 5.15. The Morgan fingerprint density at radius 1 is 1.12 bits per heavy atom. The Morgan fingerprint density at radius 2 is 1.80 bits per heavy atom. The largest absolute Gasteiger partial charge is 0.493 e. The van der Waals surface area contributed by atoms with Crippen LogP contribution >= 0.6 is 0 Å². The van der Waals surface area contributed by atoms with Gasteiger partial charge in [-0.1, -0.05) is 17.7 Å². The first-order valence-corrected chi connectivity index (χ1v) is 8.54. The zero-order valence-electron chi connectivity index (χ0n) is 13.4. The Bertz CT molecular complexity index is 853. The molecular formula is C16H16F2N2O4S. The summed E-state index contributed by atoms with van der Waals surface area (Å²) < 4.78 is 58.2. The molecular weight excluding hydrogens is 354 g/mol. The predicted octanol–water partition coefficient (Wildman–Crippen LogP) is 2.92. The van der Waals surface area contributed by atoms with E-state index >= 15 is 0 Å². The van der Waals surface area contributed by atoms with Crippen LogP contribution in [0.2, 0.25) is 0 Å². The van der Waals surface area contributed by atoms with Crippen molar-refractivity contribution in [3.8, 4) is 11.5 Å². The molecule has 2 aromatic carbocycles. The van der Waals surface area contributed by atoms with Gasteiger partial charge in [-0.05, 0) is 42.8 Å². The molecule has 0 aliphatic rings. The highest BCUT2D eigenvalue weighted by molar-refractivity contribution is 7.89. The summed E-state index contributed by atoms with van der Waals surface area (Å²) in [5, 5.41) is 3.64. The molecule has 0 atom stereocenters. The lowest BCUT2D eigenvalue weighted by molar-refractivity contribution is -0.0512. The summed E-state index contributed by atoms with van der Waals surface area (Å²) in [6, 6.07) is 10.4. The Morgan fingerprint density at radius 3 is 2.40 bits per heavy atom. The standard InChI is InChI=1S/C16H16F2N2O4S/c1-11-3-6-13(7-4-11)25(21,22)20-19-10-12-5-8-14(23-2)15(9-12)24-16(17)18/h3-10,16,20H,1-2H3/b19-10-. The van der Waals surface area contributed by atoms with E-state index in [1.807, 2.05) is 6.92 Å². The number of aryl methyl sites for hydroxylation is 1. The highest BCUT2D eigenvalue weighted by Crippen LogP contribution is 2.28. The zero-order chi connectivity index (χ0) is 18.4. The second-order valence-corrected chi connectivity index (χ2v) is 6.62. The summed E-state index contributed by atoms with van der Waals surface area (Å²) in [7, 11) is -2.50. The van der Waals surface area contributed by atoms with Crippen molar-refractivity contribution < 1.29 is 26.7 Å². The summed E-state index contributed by atoms with van der Waals surface area (Å²) in [4.78, 5) is 2.12. The van der Waals surface area contributed by atoms with Crippen molar-refractivity contribution in [1.29, 1.82) is 0 Å². The van der Waals surface area contributed by atoms with Crippen LogP contribution in [-0.4, -0.2) is 28.4 Å². The van der Waals surface area contributed by atoms with Crippen LogP contribution in [0.5, 0.6) is 11.5 Å². The van der Waals surface area contributed by atoms with E-state index in [9.17, 15) is 17.2 Å². The average molecular weight is 370 g/mol. The second kappa shape index (κ2) is 7.93. The fourth-order valence-corrected chi connectivity index (χ4v) is 2.69. The summed E-state index contributed by atoms with van der Waals surface area (Å²) in [5.74, 6) is -0.0551. The van der Waals surface area contributed by atoms with Crippen LogP contribution in [0.3, 0.4) is 0 Å². The van der Waals surface area contributed by atoms with Crippen LogP contribution in [-0.2, 0) is 10.0 Å². The van der Waals surface area contributed by atoms with E-state index in [0.29, 0.717) is 5.56 Å². The molecule has 0 fully saturated rings. The Labute approximate surface area is 144 Å². The lowest BCUT2D eigenvalue weighted by atomic mass is 10.2. The van der Waals surface area contributed by atoms with Gasteiger partial charge in [-0.15, -0.1) is 0 Å². The Balaban J connectivity index is 2.14. The number of hydrazone groups is 1. The average Bonchev–Trinajstić information content (AvgIpc) is 2.55. The molecule has 0 spiro atoms. The smallest absolute Gasteiger partial charge is 0.387 e. The monoisotopic (exact) mass is 370 g/mol. The molecule has 0 heterocycles. The van der Waals surface area contributed by atoms with Crippen molar-refractivity contribution in [3.63, 3.8) is 0 Å². The van der Waals surface area contributed by atoms with Gasteiger partial charge in [0.25, 0.3) is 10.0 Å². The van der Waals surface area contributed by atoms with Gasteiger partial charge in [-0.2, -0.15) is 22.3 Å². The van der Waals surface area contributed by atoms with E-state index < -0.39 is 16.6 Å². The first-order valence-electron chi connectivity index (χ1n) is 7.06. The van der Waals surface area contributed by atoms with Gasteiger partial charge < -0.3 is 9.47 Å². The van der Waals surface area contributed by atoms with E-state index in [2.05, 4.69) is 14.7 Å². The van der Waals surface area contributed by atoms with E-state index in [0.717, 1.165) is 5.56 Å². The molecule has 0 aliphatic heterocycles. The number of halogens is 2. The molecule has 0 saturated heterocycles. The van der Waals surface area contributed by atoms with Crippen LogP contribution in [0.4, 0.5) is 8.78 Å². The van der Waals surface area contributed by atoms with Gasteiger partial charge in [0.1, 0.15) is 0 Å². The molecule has 134 valence electrons. The molecule has 0 aliphatic carbocycles. The fraction of sp³-hybridized carbons (Fsp3) is 0.188. The first kappa shape index (κ1) is 18.7. The Kier molecular flexibility index (Phi) is 5.92. The van der Waals surface area contributed by atoms with Gasteiger partial charge in [0.05, 0.1) is 18.2 Å². The maximum atomic E-state index is 12.4. The number of hydrogen-bond donors (Lipinski definition) is 1. The van der Waals surface area contributed by atoms with Gasteiger partial charge in [0.2, 0.25) is 0 Å². The summed E-state index contributed by atoms with van der Waals surface area (Å²) >= 11 is 0. The zero-order valence-corrected chi connectivity index (χ0v) is 14.3. The molecule has 0 unspecified atom stereocenters. The van der Waals surface area contributed by atoms with E-state index in [4.69, 9.17) is 4.74 Å². The third-order valence-electron chi connectivity index (χ3n) is 3.12. The van der Waals surface area contributed by atoms with Crippen molar-refractivity contribution in [2.45, 2.75) is 18.4 Å². The van der Waals surface area contributed by atoms with Crippen molar-refractivity contribution in [2.75, 3.05) is 7.11 Å². The van der Waals surface area contributed by atoms with Crippen molar-refractivity contribution >= 4 is 16.2 Å². The molecule has 0 bridgehead atoms. The van der Waals surface area contributed by atoms with Crippen LogP contribution < -0.4 is 14.3 Å². The summed E-state index contributed by atoms with van der Waals surface area (Å²) in [6.07, 6.45) is 1.17. The van der Waals surface area contributed by atoms with E-state index in [-0.39, 0.29) is 16.4 Å². The highest BCUT2D eigenvalue weighted by atomic mass is 32.2. The molecule has 0 amide bonds. The molecule has 2 aromatic rings. The molecule has 2 rings (SSSR count). The topological polar surface area (TPSA) is 77.0 Å². The maximum Gasteiger partial charge on any atom is 0.387 e. The van der Waals surface area contributed by atoms with Gasteiger partial charge in [0, 0.05) is 0 Å². The number of nitrogens with one attached hydrogen (secondary N) is 1. The van der Waals surface area contributed by atoms with Crippen LogP contribution in [0.1, 0.15) is 11.1 Å². The second-order valence-electron chi connectivity index (χ2n) is 4.95. The van der Waals surface area contributed by atoms with Crippen molar-refractivity contribution in [1.82, 2.24) is 4.83 Å². The summed E-state index contributed by atoms with van der Waals surface area (Å²) in [5.41, 5.74) is 1.27. The number of ether oxygens (including phenoxy) is 2. The Hall–Kier alpha value is -2.68. The van der Waals surface area contributed by atoms with Crippen LogP contribution in [0, 0.1) is 6.92 Å². The maximum absolute atomic E-state index is 12.4. The number of hydrogen-bond acceptors (Lipinski definition) is 5.